The molecule has 2 aromatic carbocycles. The van der Waals surface area contributed by atoms with Gasteiger partial charge in [-0.3, -0.25) is 9.63 Å². The quantitative estimate of drug-likeness (QED) is 0.143. The van der Waals surface area contributed by atoms with E-state index in [4.69, 9.17) is 35.4 Å². The minimum absolute atomic E-state index is 0.00373. The van der Waals surface area contributed by atoms with Gasteiger partial charge in [0.2, 0.25) is 5.76 Å². The number of esters is 4. The monoisotopic (exact) mass is 706 g/mol. The number of carbonyl (C=O) groups is 5. The van der Waals surface area contributed by atoms with Crippen molar-refractivity contribution in [1.82, 2.24) is 16.1 Å². The van der Waals surface area contributed by atoms with E-state index in [2.05, 4.69) is 33.1 Å². The van der Waals surface area contributed by atoms with Gasteiger partial charge in [-0.25, -0.2) is 30.0 Å². The van der Waals surface area contributed by atoms with Crippen LogP contribution < -0.4 is 21.0 Å². The molecule has 4 aliphatic heterocycles. The van der Waals surface area contributed by atoms with Crippen molar-refractivity contribution in [2.75, 3.05) is 31.1 Å². The number of piperidine rings is 1. The number of cyclic esters (lactones) is 4. The van der Waals surface area contributed by atoms with E-state index in [-0.39, 0.29) is 12.6 Å². The van der Waals surface area contributed by atoms with Gasteiger partial charge in [-0.1, -0.05) is 35.9 Å². The van der Waals surface area contributed by atoms with E-state index in [1.807, 2.05) is 30.3 Å². The highest BCUT2D eigenvalue weighted by Gasteiger charge is 2.51. The van der Waals surface area contributed by atoms with Gasteiger partial charge in [-0.05, 0) is 80.9 Å². The molecule has 0 saturated carbocycles. The zero-order valence-electron chi connectivity index (χ0n) is 26.9. The normalized spacial score (nSPS) is 21.2. The maximum absolute atomic E-state index is 13.5. The topological polar surface area (TPSA) is 171 Å². The first-order valence-electron chi connectivity index (χ1n) is 16.3. The lowest BCUT2D eigenvalue weighted by molar-refractivity contribution is -0.231. The minimum Gasteiger partial charge on any atom is -0.413 e. The molecule has 4 heterocycles. The summed E-state index contributed by atoms with van der Waals surface area (Å²) in [5, 5.41) is 6.61. The maximum Gasteiger partial charge on any atom is 0.385 e. The van der Waals surface area contributed by atoms with E-state index in [1.165, 1.54) is 5.56 Å². The number of anilines is 2. The van der Waals surface area contributed by atoms with Gasteiger partial charge in [0.1, 0.15) is 0 Å². The third kappa shape index (κ3) is 8.22. The van der Waals surface area contributed by atoms with Gasteiger partial charge < -0.3 is 29.2 Å². The van der Waals surface area contributed by atoms with Crippen molar-refractivity contribution in [1.29, 1.82) is 0 Å². The van der Waals surface area contributed by atoms with Crippen LogP contribution in [0.4, 0.5) is 11.4 Å². The van der Waals surface area contributed by atoms with E-state index in [0.29, 0.717) is 50.3 Å². The van der Waals surface area contributed by atoms with E-state index in [1.54, 1.807) is 0 Å². The second kappa shape index (κ2) is 15.7. The first-order valence-corrected chi connectivity index (χ1v) is 16.6. The third-order valence-electron chi connectivity index (χ3n) is 8.37. The van der Waals surface area contributed by atoms with E-state index < -0.39 is 47.2 Å². The number of hydrogen-bond acceptors (Lipinski definition) is 13. The molecule has 1 saturated heterocycles. The molecule has 2 aromatic rings. The van der Waals surface area contributed by atoms with E-state index in [0.717, 1.165) is 54.1 Å². The van der Waals surface area contributed by atoms with Crippen molar-refractivity contribution in [2.24, 2.45) is 0 Å². The van der Waals surface area contributed by atoms with Gasteiger partial charge in [-0.2, -0.15) is 0 Å². The Hall–Kier alpha value is -5.02. The molecule has 262 valence electrons. The van der Waals surface area contributed by atoms with Crippen LogP contribution in [0.15, 0.2) is 78.3 Å². The Kier molecular flexibility index (Phi) is 10.9. The fraction of sp³-hybridized carbons (Fsp3) is 0.343. The zero-order valence-corrected chi connectivity index (χ0v) is 27.7. The van der Waals surface area contributed by atoms with Crippen molar-refractivity contribution in [3.8, 4) is 0 Å². The second-order valence-electron chi connectivity index (χ2n) is 11.8. The number of fused-ring (bicyclic) bond motifs is 2. The number of hydrogen-bond donors (Lipinski definition) is 3. The lowest BCUT2D eigenvalue weighted by atomic mass is 10.0. The molecule has 0 radical (unpaired) electrons. The number of aryl methyl sites for hydroxylation is 2. The number of hydroxylamine groups is 1. The summed E-state index contributed by atoms with van der Waals surface area (Å²) < 4.78 is 21.6. The molecule has 0 atom stereocenters. The number of ether oxygens (including phenoxy) is 4. The summed E-state index contributed by atoms with van der Waals surface area (Å²) in [5.41, 5.74) is 6.61. The van der Waals surface area contributed by atoms with E-state index >= 15 is 0 Å². The molecule has 0 unspecified atom stereocenters. The molecule has 0 spiro atoms. The van der Waals surface area contributed by atoms with Crippen LogP contribution in [0.1, 0.15) is 36.8 Å². The molecule has 0 aromatic heterocycles. The number of amides is 1. The number of carbonyl (C=O) groups excluding carboxylic acids is 5. The number of para-hydroxylation sites is 1. The van der Waals surface area contributed by atoms with Crippen molar-refractivity contribution in [3.05, 3.63) is 94.4 Å². The summed E-state index contributed by atoms with van der Waals surface area (Å²) in [7, 11) is 0. The Morgan fingerprint density at radius 1 is 0.860 bits per heavy atom. The van der Waals surface area contributed by atoms with Gasteiger partial charge in [0.05, 0.1) is 6.10 Å². The molecule has 0 bridgehead atoms. The van der Waals surface area contributed by atoms with Crippen molar-refractivity contribution < 1.29 is 47.8 Å². The number of rotatable bonds is 10. The van der Waals surface area contributed by atoms with Gasteiger partial charge in [0.15, 0.2) is 0 Å². The average Bonchev–Trinajstić information content (AvgIpc) is 3.36. The SMILES string of the molecule is O=C1C=CC(=O)OC(NCCCCN2c3ccccc3CCc3ccc(Cl)cc32)(/C2=C(/C(=O)NOC3CCNCC3)OC(=O)/C=C\C(=O)O2)O1. The first kappa shape index (κ1) is 34.8. The maximum atomic E-state index is 13.5. The summed E-state index contributed by atoms with van der Waals surface area (Å²) in [6, 6.07) is 14.0. The highest BCUT2D eigenvalue weighted by molar-refractivity contribution is 6.30. The zero-order chi connectivity index (χ0) is 35.1. The predicted molar refractivity (Wildman–Crippen MR) is 177 cm³/mol. The number of nitrogens with one attached hydrogen (secondary N) is 3. The second-order valence-corrected chi connectivity index (χ2v) is 12.2. The highest BCUT2D eigenvalue weighted by Crippen LogP contribution is 2.38. The lowest BCUT2D eigenvalue weighted by Crippen LogP contribution is -2.55. The molecular formula is C35H35ClN4O10. The molecule has 1 fully saturated rings. The fourth-order valence-electron chi connectivity index (χ4n) is 5.99. The summed E-state index contributed by atoms with van der Waals surface area (Å²) in [5.74, 6) is -10.1. The Labute approximate surface area is 292 Å². The average molecular weight is 707 g/mol. The number of unbranched alkanes of at least 4 members (excludes halogenated alkanes) is 1. The van der Waals surface area contributed by atoms with Crippen LogP contribution in [0.3, 0.4) is 0 Å². The standard InChI is InChI=1S/C35H35ClN4O10/c36-24-10-9-23-8-7-22-5-1-2-6-26(22)40(27(23)21-24)20-4-3-17-38-35(48-30(43)13-14-31(44)49-35)33-32(46-28(41)11-12-29(42)47-33)34(45)39-50-25-15-18-37-19-16-25/h1-2,5-6,9-14,21,25,37-38H,3-4,7-8,15-20H2,(H,39,45)/b12-11-,33-32+. The van der Waals surface area contributed by atoms with Crippen LogP contribution >= 0.6 is 11.6 Å². The first-order chi connectivity index (χ1) is 24.2. The van der Waals surface area contributed by atoms with Crippen LogP contribution in [0.25, 0.3) is 0 Å². The molecule has 50 heavy (non-hydrogen) atoms. The smallest absolute Gasteiger partial charge is 0.385 e. The van der Waals surface area contributed by atoms with Crippen molar-refractivity contribution in [2.45, 2.75) is 50.5 Å². The van der Waals surface area contributed by atoms with Crippen molar-refractivity contribution in [3.63, 3.8) is 0 Å². The van der Waals surface area contributed by atoms with Crippen molar-refractivity contribution >= 4 is 52.8 Å². The summed E-state index contributed by atoms with van der Waals surface area (Å²) in [6.07, 6.45) is 6.60. The Balaban J connectivity index is 1.25. The van der Waals surface area contributed by atoms with Crippen LogP contribution in [0, 0.1) is 0 Å². The van der Waals surface area contributed by atoms with Crippen LogP contribution in [0.2, 0.25) is 5.02 Å². The van der Waals surface area contributed by atoms with Crippen LogP contribution in [-0.2, 0) is 60.6 Å². The number of halogens is 1. The Morgan fingerprint density at radius 3 is 2.26 bits per heavy atom. The predicted octanol–water partition coefficient (Wildman–Crippen LogP) is 2.92. The van der Waals surface area contributed by atoms with Gasteiger partial charge in [0, 0.05) is 53.8 Å². The number of nitrogens with zero attached hydrogens (tertiary/aromatic N) is 1. The Morgan fingerprint density at radius 2 is 1.52 bits per heavy atom. The largest absolute Gasteiger partial charge is 0.413 e. The van der Waals surface area contributed by atoms with Gasteiger partial charge >= 0.3 is 35.7 Å². The fourth-order valence-corrected chi connectivity index (χ4v) is 6.15. The molecule has 14 nitrogen and oxygen atoms in total. The Bertz CT molecular complexity index is 1750. The van der Waals surface area contributed by atoms with Crippen LogP contribution in [0.5, 0.6) is 0 Å². The third-order valence-corrected chi connectivity index (χ3v) is 8.61. The lowest BCUT2D eigenvalue weighted by Gasteiger charge is -2.33. The highest BCUT2D eigenvalue weighted by atomic mass is 35.5. The molecule has 6 rings (SSSR count). The molecule has 15 heteroatoms. The molecule has 3 N–H and O–H groups in total. The summed E-state index contributed by atoms with van der Waals surface area (Å²) in [4.78, 5) is 72.0. The molecular weight excluding hydrogens is 672 g/mol. The van der Waals surface area contributed by atoms with E-state index in [9.17, 15) is 24.0 Å². The molecule has 0 aliphatic carbocycles. The summed E-state index contributed by atoms with van der Waals surface area (Å²) >= 11 is 6.41. The van der Waals surface area contributed by atoms with Gasteiger partial charge in [0.25, 0.3) is 5.76 Å². The number of benzene rings is 2. The minimum atomic E-state index is -2.70. The molecule has 1 amide bonds. The molecule has 4 aliphatic rings. The summed E-state index contributed by atoms with van der Waals surface area (Å²) in [6.45, 7) is 1.87. The van der Waals surface area contributed by atoms with Gasteiger partial charge in [-0.15, -0.1) is 0 Å². The van der Waals surface area contributed by atoms with Crippen LogP contribution in [-0.4, -0.2) is 68.0 Å².